The number of nitrogens with one attached hydrogen (secondary N) is 1. The van der Waals surface area contributed by atoms with Gasteiger partial charge in [-0.3, -0.25) is 4.79 Å². The van der Waals surface area contributed by atoms with Crippen molar-refractivity contribution in [1.82, 2.24) is 5.43 Å². The molecule has 3 aromatic carbocycles. The van der Waals surface area contributed by atoms with Gasteiger partial charge in [-0.15, -0.1) is 0 Å². The van der Waals surface area contributed by atoms with E-state index >= 15 is 0 Å². The summed E-state index contributed by atoms with van der Waals surface area (Å²) in [5.74, 6) is 0.516. The van der Waals surface area contributed by atoms with E-state index in [1.807, 2.05) is 24.3 Å². The molecule has 0 heterocycles. The fourth-order valence-electron chi connectivity index (χ4n) is 2.84. The Balaban J connectivity index is 1.51. The lowest BCUT2D eigenvalue weighted by molar-refractivity contribution is 0.0955. The molecule has 0 aliphatic rings. The molecule has 3 rings (SSSR count). The molecule has 0 aliphatic carbocycles. The maximum atomic E-state index is 12.2. The number of nitriles is 1. The van der Waals surface area contributed by atoms with Crippen LogP contribution >= 0.6 is 0 Å². The molecular weight excluding hydrogens is 386 g/mol. The molecule has 0 aromatic heterocycles. The maximum Gasteiger partial charge on any atom is 0.271 e. The molecule has 3 aromatic rings. The van der Waals surface area contributed by atoms with Crippen molar-refractivity contribution in [2.24, 2.45) is 5.10 Å². The molecule has 1 amide bonds. The third-order valence-electron chi connectivity index (χ3n) is 4.76. The first-order valence-corrected chi connectivity index (χ1v) is 10.0. The lowest BCUT2D eigenvalue weighted by Crippen LogP contribution is -2.17. The van der Waals surface area contributed by atoms with E-state index in [1.165, 1.54) is 11.8 Å². The smallest absolute Gasteiger partial charge is 0.271 e. The molecule has 0 fully saturated rings. The fraction of sp³-hybridized carbons (Fsp3) is 0.192. The van der Waals surface area contributed by atoms with Crippen molar-refractivity contribution in [3.8, 4) is 11.8 Å². The van der Waals surface area contributed by atoms with Gasteiger partial charge in [-0.2, -0.15) is 10.4 Å². The minimum absolute atomic E-state index is 0.112. The molecule has 156 valence electrons. The van der Waals surface area contributed by atoms with E-state index in [0.717, 1.165) is 16.9 Å². The number of hydrogen-bond donors (Lipinski definition) is 1. The minimum atomic E-state index is -0.296. The van der Waals surface area contributed by atoms with Gasteiger partial charge >= 0.3 is 0 Å². The lowest BCUT2D eigenvalue weighted by Gasteiger charge is -2.19. The summed E-state index contributed by atoms with van der Waals surface area (Å²) in [6.07, 6.45) is 1.53. The van der Waals surface area contributed by atoms with Gasteiger partial charge in [-0.1, -0.05) is 57.2 Å². The fourth-order valence-corrected chi connectivity index (χ4v) is 2.84. The molecule has 1 N–H and O–H groups in total. The normalized spacial score (nSPS) is 11.2. The van der Waals surface area contributed by atoms with Gasteiger partial charge in [0.25, 0.3) is 5.91 Å². The average molecular weight is 412 g/mol. The van der Waals surface area contributed by atoms with E-state index in [1.54, 1.807) is 36.4 Å². The van der Waals surface area contributed by atoms with E-state index < -0.39 is 0 Å². The first kappa shape index (κ1) is 21.8. The van der Waals surface area contributed by atoms with Gasteiger partial charge in [0.1, 0.15) is 12.4 Å². The molecule has 0 atom stereocenters. The third-order valence-corrected chi connectivity index (χ3v) is 4.76. The highest BCUT2D eigenvalue weighted by Crippen LogP contribution is 2.24. The summed E-state index contributed by atoms with van der Waals surface area (Å²) in [4.78, 5) is 12.2. The number of carbonyl (C=O) groups is 1. The standard InChI is InChI=1S/C26H25N3O2/c1-26(2,3)23-12-14-24(15-13-23)31-18-21-8-10-22(11-9-21)25(30)29-28-17-20-6-4-19(16-27)5-7-20/h4-15,17H,18H2,1-3H3,(H,29,30). The first-order valence-electron chi connectivity index (χ1n) is 10.0. The predicted molar refractivity (Wildman–Crippen MR) is 122 cm³/mol. The summed E-state index contributed by atoms with van der Waals surface area (Å²) in [5, 5.41) is 12.8. The van der Waals surface area contributed by atoms with Gasteiger partial charge in [-0.25, -0.2) is 5.43 Å². The van der Waals surface area contributed by atoms with Crippen LogP contribution in [0.15, 0.2) is 77.9 Å². The summed E-state index contributed by atoms with van der Waals surface area (Å²) in [6.45, 7) is 6.96. The Morgan fingerprint density at radius 2 is 1.65 bits per heavy atom. The summed E-state index contributed by atoms with van der Waals surface area (Å²) in [5.41, 5.74) is 6.73. The molecule has 0 saturated heterocycles. The molecule has 31 heavy (non-hydrogen) atoms. The van der Waals surface area contributed by atoms with Gasteiger partial charge in [0, 0.05) is 5.56 Å². The van der Waals surface area contributed by atoms with Crippen LogP contribution in [0.1, 0.15) is 53.4 Å². The highest BCUT2D eigenvalue weighted by atomic mass is 16.5. The van der Waals surface area contributed by atoms with E-state index in [2.05, 4.69) is 49.5 Å². The zero-order valence-electron chi connectivity index (χ0n) is 17.9. The van der Waals surface area contributed by atoms with Crippen molar-refractivity contribution in [2.75, 3.05) is 0 Å². The highest BCUT2D eigenvalue weighted by Gasteiger charge is 2.13. The zero-order valence-corrected chi connectivity index (χ0v) is 17.9. The Bertz CT molecular complexity index is 1090. The molecular formula is C26H25N3O2. The SMILES string of the molecule is CC(C)(C)c1ccc(OCc2ccc(C(=O)NN=Cc3ccc(C#N)cc3)cc2)cc1. The van der Waals surface area contributed by atoms with Crippen molar-refractivity contribution >= 4 is 12.1 Å². The molecule has 0 radical (unpaired) electrons. The van der Waals surface area contributed by atoms with Gasteiger partial charge in [0.05, 0.1) is 17.8 Å². The first-order chi connectivity index (χ1) is 14.8. The van der Waals surface area contributed by atoms with E-state index in [4.69, 9.17) is 10.00 Å². The zero-order chi connectivity index (χ0) is 22.3. The summed E-state index contributed by atoms with van der Waals surface area (Å²) < 4.78 is 5.85. The molecule has 0 aliphatic heterocycles. The van der Waals surface area contributed by atoms with Gasteiger partial charge < -0.3 is 4.74 Å². The second kappa shape index (κ2) is 9.73. The highest BCUT2D eigenvalue weighted by molar-refractivity contribution is 5.94. The molecule has 0 spiro atoms. The average Bonchev–Trinajstić information content (AvgIpc) is 2.78. The van der Waals surface area contributed by atoms with Crippen LogP contribution in [-0.2, 0) is 12.0 Å². The third kappa shape index (κ3) is 6.28. The second-order valence-corrected chi connectivity index (χ2v) is 8.19. The molecule has 0 bridgehead atoms. The Morgan fingerprint density at radius 1 is 1.00 bits per heavy atom. The molecule has 5 nitrogen and oxygen atoms in total. The Hall–Kier alpha value is -3.91. The number of hydrogen-bond acceptors (Lipinski definition) is 4. The Labute approximate surface area is 183 Å². The number of carbonyl (C=O) groups excluding carboxylic acids is 1. The number of hydrazone groups is 1. The molecule has 5 heteroatoms. The number of nitrogens with zero attached hydrogens (tertiary/aromatic N) is 2. The number of amides is 1. The molecule has 0 saturated carbocycles. The topological polar surface area (TPSA) is 74.5 Å². The van der Waals surface area contributed by atoms with Gasteiger partial charge in [0.15, 0.2) is 0 Å². The predicted octanol–water partition coefficient (Wildman–Crippen LogP) is 5.20. The Morgan fingerprint density at radius 3 is 2.23 bits per heavy atom. The van der Waals surface area contributed by atoms with Crippen LogP contribution in [0.2, 0.25) is 0 Å². The van der Waals surface area contributed by atoms with Crippen LogP contribution in [0.4, 0.5) is 0 Å². The number of benzene rings is 3. The Kier molecular flexibility index (Phi) is 6.84. The van der Waals surface area contributed by atoms with Gasteiger partial charge in [0.2, 0.25) is 0 Å². The largest absolute Gasteiger partial charge is 0.489 e. The van der Waals surface area contributed by atoms with E-state index in [-0.39, 0.29) is 11.3 Å². The quantitative estimate of drug-likeness (QED) is 0.448. The summed E-state index contributed by atoms with van der Waals surface area (Å²) in [7, 11) is 0. The van der Waals surface area contributed by atoms with Gasteiger partial charge in [-0.05, 0) is 58.5 Å². The summed E-state index contributed by atoms with van der Waals surface area (Å²) in [6, 6.07) is 24.3. The van der Waals surface area contributed by atoms with Crippen molar-refractivity contribution < 1.29 is 9.53 Å². The van der Waals surface area contributed by atoms with Crippen molar-refractivity contribution in [1.29, 1.82) is 5.26 Å². The maximum absolute atomic E-state index is 12.2. The molecule has 0 unspecified atom stereocenters. The van der Waals surface area contributed by atoms with Crippen LogP contribution in [-0.4, -0.2) is 12.1 Å². The minimum Gasteiger partial charge on any atom is -0.489 e. The monoisotopic (exact) mass is 411 g/mol. The van der Waals surface area contributed by atoms with E-state index in [0.29, 0.717) is 17.7 Å². The van der Waals surface area contributed by atoms with Crippen LogP contribution < -0.4 is 10.2 Å². The summed E-state index contributed by atoms with van der Waals surface area (Å²) >= 11 is 0. The van der Waals surface area contributed by atoms with Crippen molar-refractivity contribution in [3.63, 3.8) is 0 Å². The van der Waals surface area contributed by atoms with Crippen LogP contribution in [0, 0.1) is 11.3 Å². The second-order valence-electron chi connectivity index (χ2n) is 8.19. The number of rotatable bonds is 6. The lowest BCUT2D eigenvalue weighted by atomic mass is 9.87. The van der Waals surface area contributed by atoms with Crippen molar-refractivity contribution in [2.45, 2.75) is 32.8 Å². The van der Waals surface area contributed by atoms with Crippen LogP contribution in [0.25, 0.3) is 0 Å². The van der Waals surface area contributed by atoms with E-state index in [9.17, 15) is 4.79 Å². The number of ether oxygens (including phenoxy) is 1. The van der Waals surface area contributed by atoms with Crippen molar-refractivity contribution in [3.05, 3.63) is 101 Å². The van der Waals surface area contributed by atoms with Crippen LogP contribution in [0.3, 0.4) is 0 Å². The van der Waals surface area contributed by atoms with Crippen LogP contribution in [0.5, 0.6) is 5.75 Å².